The molecule has 5 nitrogen and oxygen atoms in total. The van der Waals surface area contributed by atoms with Crippen LogP contribution in [0.4, 0.5) is 4.79 Å². The number of pyridine rings is 1. The predicted molar refractivity (Wildman–Crippen MR) is 95.2 cm³/mol. The second kappa shape index (κ2) is 6.77. The Hall–Kier alpha value is -2.14. The lowest BCUT2D eigenvalue weighted by Crippen LogP contribution is -2.38. The first kappa shape index (κ1) is 16.7. The number of fused-ring (bicyclic) bond motifs is 2. The number of carbonyl (C=O) groups excluding carboxylic acids is 1. The number of hydrogen-bond acceptors (Lipinski definition) is 4. The minimum atomic E-state index is -0.237. The second-order valence-corrected chi connectivity index (χ2v) is 6.49. The number of nitrogens with zero attached hydrogens (tertiary/aromatic N) is 3. The van der Waals surface area contributed by atoms with Crippen LogP contribution in [0.15, 0.2) is 24.3 Å². The Morgan fingerprint density at radius 2 is 2.12 bits per heavy atom. The highest BCUT2D eigenvalue weighted by molar-refractivity contribution is 5.83. The van der Waals surface area contributed by atoms with Crippen molar-refractivity contribution in [2.75, 3.05) is 33.8 Å². The van der Waals surface area contributed by atoms with E-state index in [4.69, 9.17) is 9.72 Å². The molecule has 3 rings (SSSR count). The first-order valence-electron chi connectivity index (χ1n) is 8.49. The molecular weight excluding hydrogens is 302 g/mol. The summed E-state index contributed by atoms with van der Waals surface area (Å²) >= 11 is 0. The zero-order valence-electron chi connectivity index (χ0n) is 14.9. The molecule has 2 aromatic rings. The summed E-state index contributed by atoms with van der Waals surface area (Å²) in [5, 5.41) is 1.19. The highest BCUT2D eigenvalue weighted by Gasteiger charge is 2.30. The highest BCUT2D eigenvalue weighted by Crippen LogP contribution is 2.31. The van der Waals surface area contributed by atoms with E-state index in [1.165, 1.54) is 16.5 Å². The number of aryl methyl sites for hydroxylation is 1. The van der Waals surface area contributed by atoms with Gasteiger partial charge in [-0.1, -0.05) is 18.2 Å². The summed E-state index contributed by atoms with van der Waals surface area (Å²) in [4.78, 5) is 21.2. The summed E-state index contributed by atoms with van der Waals surface area (Å²) in [6.07, 6.45) is 0.571. The van der Waals surface area contributed by atoms with E-state index in [0.717, 1.165) is 17.6 Å². The normalized spacial score (nSPS) is 17.7. The quantitative estimate of drug-likeness (QED) is 0.850. The van der Waals surface area contributed by atoms with Gasteiger partial charge in [-0.25, -0.2) is 4.79 Å². The minimum Gasteiger partial charge on any atom is -0.450 e. The van der Waals surface area contributed by atoms with Crippen LogP contribution >= 0.6 is 0 Å². The Kier molecular flexibility index (Phi) is 4.71. The third-order valence-electron chi connectivity index (χ3n) is 4.80. The molecule has 0 bridgehead atoms. The number of amides is 1. The van der Waals surface area contributed by atoms with Gasteiger partial charge >= 0.3 is 6.09 Å². The topological polar surface area (TPSA) is 45.7 Å². The van der Waals surface area contributed by atoms with Gasteiger partial charge in [0.2, 0.25) is 0 Å². The number of para-hydroxylation sites is 1. The van der Waals surface area contributed by atoms with E-state index in [1.54, 1.807) is 4.90 Å². The number of likely N-dealkylation sites (N-methyl/N-ethyl adjacent to an activating group) is 1. The van der Waals surface area contributed by atoms with Gasteiger partial charge in [0.1, 0.15) is 0 Å². The average Bonchev–Trinajstić information content (AvgIpc) is 2.75. The van der Waals surface area contributed by atoms with Crippen LogP contribution in [0, 0.1) is 6.92 Å². The molecule has 2 heterocycles. The molecule has 1 unspecified atom stereocenters. The highest BCUT2D eigenvalue weighted by atomic mass is 16.6. The van der Waals surface area contributed by atoms with Crippen LogP contribution in [0.5, 0.6) is 0 Å². The molecule has 1 aromatic carbocycles. The van der Waals surface area contributed by atoms with E-state index in [9.17, 15) is 4.79 Å². The van der Waals surface area contributed by atoms with Crippen molar-refractivity contribution in [3.63, 3.8) is 0 Å². The van der Waals surface area contributed by atoms with Gasteiger partial charge < -0.3 is 9.64 Å². The van der Waals surface area contributed by atoms with Gasteiger partial charge in [0.05, 0.1) is 23.9 Å². The Morgan fingerprint density at radius 1 is 1.38 bits per heavy atom. The number of aromatic nitrogens is 1. The van der Waals surface area contributed by atoms with Gasteiger partial charge in [0.25, 0.3) is 0 Å². The summed E-state index contributed by atoms with van der Waals surface area (Å²) in [6.45, 7) is 5.67. The molecule has 1 amide bonds. The molecule has 0 N–H and O–H groups in total. The zero-order valence-corrected chi connectivity index (χ0v) is 14.9. The molecule has 128 valence electrons. The lowest BCUT2D eigenvalue weighted by atomic mass is 9.96. The van der Waals surface area contributed by atoms with Crippen molar-refractivity contribution in [2.45, 2.75) is 26.3 Å². The fourth-order valence-corrected chi connectivity index (χ4v) is 3.45. The lowest BCUT2D eigenvalue weighted by Gasteiger charge is -2.28. The van der Waals surface area contributed by atoms with E-state index in [2.05, 4.69) is 30.0 Å². The Morgan fingerprint density at radius 3 is 2.83 bits per heavy atom. The molecule has 0 fully saturated rings. The van der Waals surface area contributed by atoms with Gasteiger partial charge in [-0.15, -0.1) is 0 Å². The number of benzene rings is 1. The zero-order chi connectivity index (χ0) is 17.3. The fourth-order valence-electron chi connectivity index (χ4n) is 3.45. The molecule has 24 heavy (non-hydrogen) atoms. The summed E-state index contributed by atoms with van der Waals surface area (Å²) in [7, 11) is 4.07. The maximum atomic E-state index is 12.3. The molecule has 0 aliphatic carbocycles. The van der Waals surface area contributed by atoms with Crippen LogP contribution < -0.4 is 0 Å². The van der Waals surface area contributed by atoms with Gasteiger partial charge in [-0.05, 0) is 51.6 Å². The molecule has 0 spiro atoms. The monoisotopic (exact) mass is 327 g/mol. The standard InChI is InChI=1S/C19H25N3O2/c1-5-24-19(23)22-11-10-15-13(2)14-8-6-7-9-16(14)20-18(15)17(12-22)21(3)4/h6-9,17H,5,10-12H2,1-4H3. The van der Waals surface area contributed by atoms with E-state index in [1.807, 2.05) is 27.1 Å². The molecule has 1 aliphatic heterocycles. The third kappa shape index (κ3) is 2.96. The van der Waals surface area contributed by atoms with Gasteiger partial charge in [0.15, 0.2) is 0 Å². The average molecular weight is 327 g/mol. The SMILES string of the molecule is CCOC(=O)N1CCc2c(nc3ccccc3c2C)C(N(C)C)C1. The first-order chi connectivity index (χ1) is 11.5. The van der Waals surface area contributed by atoms with Crippen LogP contribution in [0.1, 0.15) is 29.8 Å². The fraction of sp³-hybridized carbons (Fsp3) is 0.474. The Labute approximate surface area is 143 Å². The molecule has 1 atom stereocenters. The largest absolute Gasteiger partial charge is 0.450 e. The number of carbonyl (C=O) groups is 1. The molecular formula is C19H25N3O2. The Bertz CT molecular complexity index is 758. The first-order valence-corrected chi connectivity index (χ1v) is 8.49. The summed E-state index contributed by atoms with van der Waals surface area (Å²) in [5.41, 5.74) is 4.64. The maximum Gasteiger partial charge on any atom is 0.409 e. The lowest BCUT2D eigenvalue weighted by molar-refractivity contribution is 0.0974. The minimum absolute atomic E-state index is 0.0650. The third-order valence-corrected chi connectivity index (χ3v) is 4.80. The Balaban J connectivity index is 2.09. The second-order valence-electron chi connectivity index (χ2n) is 6.49. The van der Waals surface area contributed by atoms with Crippen LogP contribution in [0.25, 0.3) is 10.9 Å². The number of hydrogen-bond donors (Lipinski definition) is 0. The molecule has 0 saturated carbocycles. The van der Waals surface area contributed by atoms with Crippen LogP contribution in [-0.4, -0.2) is 54.7 Å². The maximum absolute atomic E-state index is 12.3. The molecule has 5 heteroatoms. The van der Waals surface area contributed by atoms with Crippen molar-refractivity contribution >= 4 is 17.0 Å². The van der Waals surface area contributed by atoms with E-state index >= 15 is 0 Å². The molecule has 0 radical (unpaired) electrons. The number of ether oxygens (including phenoxy) is 1. The van der Waals surface area contributed by atoms with Crippen LogP contribution in [-0.2, 0) is 11.2 Å². The predicted octanol–water partition coefficient (Wildman–Crippen LogP) is 3.16. The molecule has 1 aromatic heterocycles. The van der Waals surface area contributed by atoms with Crippen molar-refractivity contribution in [2.24, 2.45) is 0 Å². The van der Waals surface area contributed by atoms with Gasteiger partial charge in [-0.2, -0.15) is 0 Å². The van der Waals surface area contributed by atoms with Crippen molar-refractivity contribution in [3.05, 3.63) is 41.1 Å². The number of rotatable bonds is 2. The van der Waals surface area contributed by atoms with Crippen molar-refractivity contribution in [1.29, 1.82) is 0 Å². The summed E-state index contributed by atoms with van der Waals surface area (Å²) in [5.74, 6) is 0. The van der Waals surface area contributed by atoms with E-state index in [0.29, 0.717) is 19.7 Å². The van der Waals surface area contributed by atoms with Gasteiger partial charge in [-0.3, -0.25) is 9.88 Å². The summed E-state index contributed by atoms with van der Waals surface area (Å²) < 4.78 is 5.22. The van der Waals surface area contributed by atoms with Crippen LogP contribution in [0.2, 0.25) is 0 Å². The molecule has 0 saturated heterocycles. The molecule has 1 aliphatic rings. The smallest absolute Gasteiger partial charge is 0.409 e. The van der Waals surface area contributed by atoms with Crippen LogP contribution in [0.3, 0.4) is 0 Å². The summed E-state index contributed by atoms with van der Waals surface area (Å²) in [6, 6.07) is 8.32. The van der Waals surface area contributed by atoms with Crippen molar-refractivity contribution in [1.82, 2.24) is 14.8 Å². The van der Waals surface area contributed by atoms with Crippen molar-refractivity contribution in [3.8, 4) is 0 Å². The van der Waals surface area contributed by atoms with Crippen molar-refractivity contribution < 1.29 is 9.53 Å². The van der Waals surface area contributed by atoms with Gasteiger partial charge in [0, 0.05) is 18.5 Å². The van der Waals surface area contributed by atoms with E-state index < -0.39 is 0 Å². The van der Waals surface area contributed by atoms with E-state index in [-0.39, 0.29) is 12.1 Å².